The first-order valence-electron chi connectivity index (χ1n) is 6.40. The summed E-state index contributed by atoms with van der Waals surface area (Å²) in [6, 6.07) is 9.11. The van der Waals surface area contributed by atoms with Gasteiger partial charge in [0.05, 0.1) is 6.42 Å². The van der Waals surface area contributed by atoms with Crippen LogP contribution in [0.2, 0.25) is 0 Å². The number of benzene rings is 1. The first-order valence-corrected chi connectivity index (χ1v) is 6.40. The van der Waals surface area contributed by atoms with Crippen molar-refractivity contribution in [3.05, 3.63) is 41.8 Å². The summed E-state index contributed by atoms with van der Waals surface area (Å²) in [5.74, 6) is 0.881. The minimum Gasteiger partial charge on any atom is -0.339 e. The molecule has 0 saturated carbocycles. The van der Waals surface area contributed by atoms with Crippen LogP contribution in [0, 0.1) is 0 Å². The molecule has 100 valence electrons. The average molecular weight is 259 g/mol. The van der Waals surface area contributed by atoms with Crippen LogP contribution < -0.4 is 4.90 Å². The van der Waals surface area contributed by atoms with E-state index in [2.05, 4.69) is 10.1 Å². The largest absolute Gasteiger partial charge is 0.339 e. The number of aromatic nitrogens is 2. The molecule has 0 aliphatic rings. The average Bonchev–Trinajstić information content (AvgIpc) is 2.89. The van der Waals surface area contributed by atoms with Crippen molar-refractivity contribution in [2.75, 3.05) is 18.0 Å². The number of hydrogen-bond acceptors (Lipinski definition) is 5. The van der Waals surface area contributed by atoms with Crippen LogP contribution in [-0.2, 0) is 6.42 Å². The molecular weight excluding hydrogens is 242 g/mol. The van der Waals surface area contributed by atoms with Gasteiger partial charge in [-0.2, -0.15) is 4.98 Å². The van der Waals surface area contributed by atoms with Gasteiger partial charge in [-0.25, -0.2) is 0 Å². The standard InChI is InChI=1S/C14H17N3O2/c1-3-17(4-2)14-15-13(19-16-14)10-12(18)11-8-6-5-7-9-11/h5-9H,3-4,10H2,1-2H3. The molecule has 0 aliphatic carbocycles. The Bertz CT molecular complexity index is 533. The third-order valence-corrected chi connectivity index (χ3v) is 2.91. The van der Waals surface area contributed by atoms with Crippen molar-refractivity contribution in [1.29, 1.82) is 0 Å². The Kier molecular flexibility index (Phi) is 4.28. The van der Waals surface area contributed by atoms with E-state index in [1.54, 1.807) is 12.1 Å². The highest BCUT2D eigenvalue weighted by atomic mass is 16.5. The molecule has 0 amide bonds. The summed E-state index contributed by atoms with van der Waals surface area (Å²) in [6.45, 7) is 5.66. The summed E-state index contributed by atoms with van der Waals surface area (Å²) >= 11 is 0. The van der Waals surface area contributed by atoms with Gasteiger partial charge in [0, 0.05) is 18.7 Å². The highest BCUT2D eigenvalue weighted by molar-refractivity contribution is 5.96. The van der Waals surface area contributed by atoms with E-state index >= 15 is 0 Å². The third kappa shape index (κ3) is 3.19. The maximum atomic E-state index is 12.0. The van der Waals surface area contributed by atoms with Crippen LogP contribution in [0.15, 0.2) is 34.9 Å². The molecule has 5 heteroatoms. The van der Waals surface area contributed by atoms with E-state index in [1.807, 2.05) is 36.9 Å². The lowest BCUT2D eigenvalue weighted by atomic mass is 10.1. The number of ketones is 1. The van der Waals surface area contributed by atoms with Crippen molar-refractivity contribution >= 4 is 11.7 Å². The highest BCUT2D eigenvalue weighted by Crippen LogP contribution is 2.11. The Balaban J connectivity index is 2.06. The summed E-state index contributed by atoms with van der Waals surface area (Å²) < 4.78 is 5.12. The molecule has 0 saturated heterocycles. The molecule has 0 bridgehead atoms. The second-order valence-electron chi connectivity index (χ2n) is 4.13. The van der Waals surface area contributed by atoms with Crippen LogP contribution in [0.25, 0.3) is 0 Å². The lowest BCUT2D eigenvalue weighted by molar-refractivity contribution is 0.0983. The smallest absolute Gasteiger partial charge is 0.266 e. The lowest BCUT2D eigenvalue weighted by Gasteiger charge is -2.14. The molecule has 19 heavy (non-hydrogen) atoms. The molecule has 0 unspecified atom stereocenters. The first-order chi connectivity index (χ1) is 9.24. The molecule has 0 aliphatic heterocycles. The Labute approximate surface area is 112 Å². The van der Waals surface area contributed by atoms with Crippen LogP contribution in [0.1, 0.15) is 30.1 Å². The predicted molar refractivity (Wildman–Crippen MR) is 72.3 cm³/mol. The van der Waals surface area contributed by atoms with Gasteiger partial charge in [-0.15, -0.1) is 0 Å². The van der Waals surface area contributed by atoms with Gasteiger partial charge in [-0.1, -0.05) is 30.3 Å². The second kappa shape index (κ2) is 6.13. The fraction of sp³-hybridized carbons (Fsp3) is 0.357. The molecular formula is C14H17N3O2. The zero-order valence-corrected chi connectivity index (χ0v) is 11.2. The van der Waals surface area contributed by atoms with Crippen molar-refractivity contribution in [2.24, 2.45) is 0 Å². The minimum absolute atomic E-state index is 0.0182. The molecule has 5 nitrogen and oxygen atoms in total. The van der Waals surface area contributed by atoms with Crippen molar-refractivity contribution in [3.63, 3.8) is 0 Å². The zero-order chi connectivity index (χ0) is 13.7. The Hall–Kier alpha value is -2.17. The fourth-order valence-electron chi connectivity index (χ4n) is 1.82. The van der Waals surface area contributed by atoms with Gasteiger partial charge in [-0.05, 0) is 19.0 Å². The van der Waals surface area contributed by atoms with Gasteiger partial charge in [-0.3, -0.25) is 4.79 Å². The first kappa shape index (κ1) is 13.3. The Morgan fingerprint density at radius 3 is 2.53 bits per heavy atom. The zero-order valence-electron chi connectivity index (χ0n) is 11.2. The van der Waals surface area contributed by atoms with Gasteiger partial charge < -0.3 is 9.42 Å². The van der Waals surface area contributed by atoms with Gasteiger partial charge in [0.25, 0.3) is 5.95 Å². The molecule has 2 rings (SSSR count). The van der Waals surface area contributed by atoms with E-state index in [4.69, 9.17) is 4.52 Å². The van der Waals surface area contributed by atoms with Crippen LogP contribution >= 0.6 is 0 Å². The molecule has 0 atom stereocenters. The minimum atomic E-state index is -0.0182. The molecule has 0 N–H and O–H groups in total. The van der Waals surface area contributed by atoms with Crippen molar-refractivity contribution in [1.82, 2.24) is 10.1 Å². The summed E-state index contributed by atoms with van der Waals surface area (Å²) in [7, 11) is 0. The molecule has 0 spiro atoms. The van der Waals surface area contributed by atoms with E-state index in [-0.39, 0.29) is 12.2 Å². The summed E-state index contributed by atoms with van der Waals surface area (Å²) in [4.78, 5) is 18.2. The lowest BCUT2D eigenvalue weighted by Crippen LogP contribution is -2.23. The number of carbonyl (C=O) groups is 1. The number of carbonyl (C=O) groups excluding carboxylic acids is 1. The monoisotopic (exact) mass is 259 g/mol. The molecule has 1 heterocycles. The number of anilines is 1. The van der Waals surface area contributed by atoms with Gasteiger partial charge in [0.15, 0.2) is 5.78 Å². The van der Waals surface area contributed by atoms with Gasteiger partial charge in [0.1, 0.15) is 0 Å². The van der Waals surface area contributed by atoms with Crippen LogP contribution in [-0.4, -0.2) is 29.0 Å². The SMILES string of the molecule is CCN(CC)c1noc(CC(=O)c2ccccc2)n1. The Morgan fingerprint density at radius 1 is 1.21 bits per heavy atom. The topological polar surface area (TPSA) is 59.2 Å². The molecule has 0 radical (unpaired) electrons. The number of nitrogens with zero attached hydrogens (tertiary/aromatic N) is 3. The fourth-order valence-corrected chi connectivity index (χ4v) is 1.82. The number of Topliss-reactive ketones (excluding diaryl/α,β-unsaturated/α-hetero) is 1. The van der Waals surface area contributed by atoms with E-state index in [1.165, 1.54) is 0 Å². The molecule has 1 aromatic heterocycles. The van der Waals surface area contributed by atoms with Gasteiger partial charge in [0.2, 0.25) is 5.89 Å². The number of hydrogen-bond donors (Lipinski definition) is 0. The van der Waals surface area contributed by atoms with Gasteiger partial charge >= 0.3 is 0 Å². The Morgan fingerprint density at radius 2 is 1.89 bits per heavy atom. The number of rotatable bonds is 6. The molecule has 2 aromatic rings. The molecule has 0 fully saturated rings. The van der Waals surface area contributed by atoms with Crippen molar-refractivity contribution < 1.29 is 9.32 Å². The maximum Gasteiger partial charge on any atom is 0.266 e. The third-order valence-electron chi connectivity index (χ3n) is 2.91. The van der Waals surface area contributed by atoms with Crippen molar-refractivity contribution in [3.8, 4) is 0 Å². The predicted octanol–water partition coefficient (Wildman–Crippen LogP) is 2.34. The van der Waals surface area contributed by atoms with Crippen molar-refractivity contribution in [2.45, 2.75) is 20.3 Å². The highest BCUT2D eigenvalue weighted by Gasteiger charge is 2.15. The normalized spacial score (nSPS) is 10.4. The van der Waals surface area contributed by atoms with Crippen LogP contribution in [0.4, 0.5) is 5.95 Å². The quantitative estimate of drug-likeness (QED) is 0.745. The maximum absolute atomic E-state index is 12.0. The summed E-state index contributed by atoms with van der Waals surface area (Å²) in [6.07, 6.45) is 0.137. The summed E-state index contributed by atoms with van der Waals surface area (Å²) in [5, 5.41) is 3.89. The van der Waals surface area contributed by atoms with E-state index < -0.39 is 0 Å². The summed E-state index contributed by atoms with van der Waals surface area (Å²) in [5.41, 5.74) is 0.657. The van der Waals surface area contributed by atoms with Crippen LogP contribution in [0.3, 0.4) is 0 Å². The van der Waals surface area contributed by atoms with E-state index in [0.29, 0.717) is 17.4 Å². The molecule has 1 aromatic carbocycles. The van der Waals surface area contributed by atoms with E-state index in [9.17, 15) is 4.79 Å². The van der Waals surface area contributed by atoms with Crippen LogP contribution in [0.5, 0.6) is 0 Å². The van der Waals surface area contributed by atoms with E-state index in [0.717, 1.165) is 13.1 Å². The second-order valence-corrected chi connectivity index (χ2v) is 4.13.